The van der Waals surface area contributed by atoms with Crippen LogP contribution in [0.25, 0.3) is 5.65 Å². The van der Waals surface area contributed by atoms with Gasteiger partial charge in [-0.1, -0.05) is 26.2 Å². The van der Waals surface area contributed by atoms with E-state index in [1.807, 2.05) is 48.5 Å². The van der Waals surface area contributed by atoms with Crippen molar-refractivity contribution in [3.05, 3.63) is 23.5 Å². The maximum absolute atomic E-state index is 13.4. The average Bonchev–Trinajstić information content (AvgIpc) is 3.09. The van der Waals surface area contributed by atoms with E-state index in [0.29, 0.717) is 31.2 Å². The Morgan fingerprint density at radius 1 is 1.26 bits per heavy atom. The minimum Gasteiger partial charge on any atom is -0.444 e. The summed E-state index contributed by atoms with van der Waals surface area (Å²) in [7, 11) is 0. The lowest BCUT2D eigenvalue weighted by Crippen LogP contribution is -2.41. The number of amides is 1. The Kier molecular flexibility index (Phi) is 9.91. The van der Waals surface area contributed by atoms with Crippen molar-refractivity contribution in [2.75, 3.05) is 23.4 Å². The molecule has 0 saturated heterocycles. The number of aromatic nitrogens is 3. The van der Waals surface area contributed by atoms with Crippen molar-refractivity contribution < 1.29 is 18.2 Å². The van der Waals surface area contributed by atoms with Gasteiger partial charge in [-0.3, -0.25) is 0 Å². The van der Waals surface area contributed by atoms with Crippen LogP contribution in [-0.4, -0.2) is 56.5 Å². The maximum Gasteiger partial charge on any atom is 0.410 e. The van der Waals surface area contributed by atoms with E-state index in [9.17, 15) is 8.68 Å². The highest BCUT2D eigenvalue weighted by Gasteiger charge is 2.27. The molecule has 2 aromatic heterocycles. The molecule has 0 aliphatic heterocycles. The number of anilines is 1. The number of hydrogen-bond donors (Lipinski definition) is 1. The first-order valence-corrected chi connectivity index (χ1v) is 12.6. The molecule has 0 aliphatic rings. The normalized spacial score (nSPS) is 13.2. The summed E-state index contributed by atoms with van der Waals surface area (Å²) >= 11 is 4.21. The van der Waals surface area contributed by atoms with E-state index in [-0.39, 0.29) is 23.9 Å². The largest absolute Gasteiger partial charge is 0.444 e. The van der Waals surface area contributed by atoms with Gasteiger partial charge in [0.25, 0.3) is 0 Å². The van der Waals surface area contributed by atoms with E-state index < -0.39 is 11.7 Å². The Labute approximate surface area is 212 Å². The molecule has 8 nitrogen and oxygen atoms in total. The van der Waals surface area contributed by atoms with Gasteiger partial charge >= 0.3 is 6.09 Å². The second kappa shape index (κ2) is 11.8. The quantitative estimate of drug-likeness (QED) is 0.300. The van der Waals surface area contributed by atoms with E-state index in [1.54, 1.807) is 21.7 Å². The molecule has 192 valence electrons. The van der Waals surface area contributed by atoms with Crippen molar-refractivity contribution in [2.45, 2.75) is 85.4 Å². The van der Waals surface area contributed by atoms with Crippen LogP contribution in [0, 0.1) is 6.92 Å². The Morgan fingerprint density at radius 3 is 2.50 bits per heavy atom. The third-order valence-corrected chi connectivity index (χ3v) is 5.66. The molecule has 1 unspecified atom stereocenters. The smallest absolute Gasteiger partial charge is 0.410 e. The maximum atomic E-state index is 13.4. The number of thiol groups is 1. The van der Waals surface area contributed by atoms with Gasteiger partial charge in [0.2, 0.25) is 0 Å². The van der Waals surface area contributed by atoms with Crippen molar-refractivity contribution >= 4 is 42.7 Å². The van der Waals surface area contributed by atoms with Crippen molar-refractivity contribution in [2.24, 2.45) is 0 Å². The van der Waals surface area contributed by atoms with Gasteiger partial charge < -0.3 is 14.4 Å². The topological polar surface area (TPSA) is 72.2 Å². The number of halogens is 1. The summed E-state index contributed by atoms with van der Waals surface area (Å²) in [6, 6.07) is 1.78. The van der Waals surface area contributed by atoms with Crippen LogP contribution in [0.5, 0.6) is 0 Å². The Hall–Kier alpha value is -1.72. The van der Waals surface area contributed by atoms with Crippen LogP contribution in [-0.2, 0) is 9.47 Å². The molecule has 2 aromatic rings. The molecule has 0 radical (unpaired) electrons. The van der Waals surface area contributed by atoms with Crippen LogP contribution in [0.1, 0.15) is 78.5 Å². The lowest BCUT2D eigenvalue weighted by atomic mass is 9.98. The van der Waals surface area contributed by atoms with Crippen LogP contribution in [0.2, 0.25) is 0 Å². The molecule has 0 aliphatic carbocycles. The Morgan fingerprint density at radius 2 is 1.94 bits per heavy atom. The molecule has 0 saturated carbocycles. The van der Waals surface area contributed by atoms with Crippen molar-refractivity contribution in [1.29, 1.82) is 0 Å². The van der Waals surface area contributed by atoms with Gasteiger partial charge in [0.05, 0.1) is 24.1 Å². The van der Waals surface area contributed by atoms with Gasteiger partial charge in [-0.25, -0.2) is 13.5 Å². The number of fused-ring (bicyclic) bond motifs is 1. The molecule has 1 atom stereocenters. The monoisotopic (exact) mass is 515 g/mol. The first-order chi connectivity index (χ1) is 15.8. The second-order valence-electron chi connectivity index (χ2n) is 10.3. The minimum absolute atomic E-state index is 0.0179. The standard InChI is InChI=1S/C23H38FN5O3S2/c1-9-10-17(15-27(11-12-31-22(3,4)5)21(30)32-23(6,7)8)18-13-19(29(33)34-24)28-20(26-18)16(2)14-25-28/h13-14,17,33H,9-12,15H2,1-8H3. The van der Waals surface area contributed by atoms with Crippen LogP contribution in [0.4, 0.5) is 14.5 Å². The number of rotatable bonds is 10. The number of hydrogen-bond acceptors (Lipinski definition) is 8. The van der Waals surface area contributed by atoms with Crippen LogP contribution >= 0.6 is 25.1 Å². The summed E-state index contributed by atoms with van der Waals surface area (Å²) in [6.07, 6.45) is 2.95. The van der Waals surface area contributed by atoms with Crippen molar-refractivity contribution in [1.82, 2.24) is 19.5 Å². The Balaban J connectivity index is 2.41. The molecule has 11 heteroatoms. The number of carbonyl (C=O) groups excluding carboxylic acids is 1. The van der Waals surface area contributed by atoms with E-state index in [4.69, 9.17) is 14.5 Å². The van der Waals surface area contributed by atoms with E-state index in [1.165, 1.54) is 0 Å². The molecule has 0 aromatic carbocycles. The highest BCUT2D eigenvalue weighted by atomic mass is 32.2. The summed E-state index contributed by atoms with van der Waals surface area (Å²) in [5, 5.41) is 4.31. The fraction of sp³-hybridized carbons (Fsp3) is 0.696. The summed E-state index contributed by atoms with van der Waals surface area (Å²) in [5.74, 6) is 0.349. The Bertz CT molecular complexity index is 958. The number of aryl methyl sites for hydroxylation is 1. The zero-order valence-electron chi connectivity index (χ0n) is 21.5. The highest BCUT2D eigenvalue weighted by molar-refractivity contribution is 8.08. The fourth-order valence-electron chi connectivity index (χ4n) is 3.45. The van der Waals surface area contributed by atoms with Crippen LogP contribution < -0.4 is 3.71 Å². The van der Waals surface area contributed by atoms with Gasteiger partial charge in [-0.05, 0) is 54.9 Å². The third kappa shape index (κ3) is 8.20. The van der Waals surface area contributed by atoms with E-state index in [0.717, 1.165) is 27.8 Å². The molecular formula is C23H38FN5O3S2. The van der Waals surface area contributed by atoms with E-state index >= 15 is 0 Å². The van der Waals surface area contributed by atoms with Gasteiger partial charge in [0.15, 0.2) is 23.8 Å². The first kappa shape index (κ1) is 28.5. The second-order valence-corrected chi connectivity index (χ2v) is 11.5. The molecule has 2 heterocycles. The highest BCUT2D eigenvalue weighted by Crippen LogP contribution is 2.31. The van der Waals surface area contributed by atoms with E-state index in [2.05, 4.69) is 24.8 Å². The molecule has 0 fully saturated rings. The zero-order valence-corrected chi connectivity index (χ0v) is 23.2. The average molecular weight is 516 g/mol. The third-order valence-electron chi connectivity index (χ3n) is 4.95. The summed E-state index contributed by atoms with van der Waals surface area (Å²) < 4.78 is 27.6. The SMILES string of the molecule is CCCC(CN(CCOC(C)(C)C)C(=O)OC(C)(C)C)c1cc(N(S)SF)n2ncc(C)c2n1. The van der Waals surface area contributed by atoms with Crippen molar-refractivity contribution in [3.63, 3.8) is 0 Å². The van der Waals surface area contributed by atoms with Crippen molar-refractivity contribution in [3.8, 4) is 0 Å². The number of carbonyl (C=O) groups is 1. The summed E-state index contributed by atoms with van der Waals surface area (Å²) in [5.41, 5.74) is 1.30. The van der Waals surface area contributed by atoms with Gasteiger partial charge in [0.1, 0.15) is 5.60 Å². The molecule has 1 amide bonds. The van der Waals surface area contributed by atoms with Crippen LogP contribution in [0.15, 0.2) is 12.3 Å². The minimum atomic E-state index is -0.621. The molecule has 0 N–H and O–H groups in total. The number of nitrogens with zero attached hydrogens (tertiary/aromatic N) is 5. The zero-order chi connectivity index (χ0) is 25.7. The molecule has 0 bridgehead atoms. The van der Waals surface area contributed by atoms with Gasteiger partial charge in [0, 0.05) is 30.6 Å². The van der Waals surface area contributed by atoms with Crippen LogP contribution in [0.3, 0.4) is 0 Å². The van der Waals surface area contributed by atoms with Gasteiger partial charge in [-0.15, -0.1) is 3.89 Å². The predicted octanol–water partition coefficient (Wildman–Crippen LogP) is 6.16. The molecule has 2 rings (SSSR count). The molecule has 34 heavy (non-hydrogen) atoms. The fourth-order valence-corrected chi connectivity index (χ4v) is 3.79. The lowest BCUT2D eigenvalue weighted by Gasteiger charge is -2.31. The predicted molar refractivity (Wildman–Crippen MR) is 139 cm³/mol. The summed E-state index contributed by atoms with van der Waals surface area (Å²) in [6.45, 7) is 16.6. The molecular weight excluding hydrogens is 477 g/mol. The first-order valence-electron chi connectivity index (χ1n) is 11.5. The summed E-state index contributed by atoms with van der Waals surface area (Å²) in [4.78, 5) is 19.6. The van der Waals surface area contributed by atoms with Gasteiger partial charge in [-0.2, -0.15) is 9.61 Å². The lowest BCUT2D eigenvalue weighted by molar-refractivity contribution is -0.0219. The molecule has 0 spiro atoms. The number of ether oxygens (including phenoxy) is 2.